The van der Waals surface area contributed by atoms with Gasteiger partial charge in [0, 0.05) is 62.3 Å². The first-order chi connectivity index (χ1) is 18.6. The molecule has 3 N–H and O–H groups in total. The number of rotatable bonds is 8. The van der Waals surface area contributed by atoms with E-state index in [0.717, 1.165) is 56.0 Å². The van der Waals surface area contributed by atoms with Gasteiger partial charge in [-0.15, -0.1) is 0 Å². The number of amides is 1. The van der Waals surface area contributed by atoms with Crippen molar-refractivity contribution >= 4 is 40.8 Å². The zero-order valence-electron chi connectivity index (χ0n) is 20.9. The first kappa shape index (κ1) is 24.4. The van der Waals surface area contributed by atoms with Gasteiger partial charge >= 0.3 is 0 Å². The number of carbonyl (C=O) groups is 1. The zero-order valence-corrected chi connectivity index (χ0v) is 21.7. The third kappa shape index (κ3) is 5.79. The molecule has 2 aromatic heterocycles. The molecule has 2 fully saturated rings. The fourth-order valence-corrected chi connectivity index (χ4v) is 4.83. The van der Waals surface area contributed by atoms with Gasteiger partial charge in [-0.1, -0.05) is 35.9 Å². The Hall–Kier alpha value is -3.95. The molecular weight excluding hydrogens is 500 g/mol. The van der Waals surface area contributed by atoms with Crippen molar-refractivity contribution < 1.29 is 4.79 Å². The molecule has 4 aromatic rings. The molecule has 1 aliphatic carbocycles. The van der Waals surface area contributed by atoms with Crippen LogP contribution in [0.2, 0.25) is 5.02 Å². The van der Waals surface area contributed by atoms with E-state index in [0.29, 0.717) is 16.5 Å². The summed E-state index contributed by atoms with van der Waals surface area (Å²) in [5, 5.41) is 14.1. The van der Waals surface area contributed by atoms with E-state index in [1.807, 2.05) is 24.3 Å². The number of aromatic amines is 1. The number of halogens is 1. The highest BCUT2D eigenvalue weighted by molar-refractivity contribution is 6.34. The van der Waals surface area contributed by atoms with Crippen molar-refractivity contribution in [1.29, 1.82) is 0 Å². The first-order valence-electron chi connectivity index (χ1n) is 12.9. The van der Waals surface area contributed by atoms with Crippen LogP contribution in [-0.2, 0) is 6.54 Å². The van der Waals surface area contributed by atoms with Gasteiger partial charge in [0.2, 0.25) is 5.95 Å². The van der Waals surface area contributed by atoms with Gasteiger partial charge in [0.05, 0.1) is 10.6 Å². The Bertz CT molecular complexity index is 1410. The third-order valence-corrected chi connectivity index (χ3v) is 7.24. The summed E-state index contributed by atoms with van der Waals surface area (Å²) in [7, 11) is 0. The molecule has 1 aliphatic heterocycles. The molecule has 2 aliphatic rings. The second-order valence-electron chi connectivity index (χ2n) is 9.74. The van der Waals surface area contributed by atoms with Gasteiger partial charge in [-0.25, -0.2) is 4.98 Å². The molecule has 0 bridgehead atoms. The molecule has 194 valence electrons. The summed E-state index contributed by atoms with van der Waals surface area (Å²) in [6.45, 7) is 4.37. The number of anilines is 4. The third-order valence-electron chi connectivity index (χ3n) is 6.91. The lowest BCUT2D eigenvalue weighted by atomic mass is 10.1. The average molecular weight is 529 g/mol. The monoisotopic (exact) mass is 528 g/mol. The summed E-state index contributed by atoms with van der Waals surface area (Å²) in [5.74, 6) is 2.68. The van der Waals surface area contributed by atoms with Crippen LogP contribution in [0.5, 0.6) is 0 Å². The number of nitrogens with one attached hydrogen (secondary N) is 3. The number of aromatic nitrogens is 4. The largest absolute Gasteiger partial charge is 0.338 e. The van der Waals surface area contributed by atoms with E-state index >= 15 is 0 Å². The van der Waals surface area contributed by atoms with E-state index < -0.39 is 0 Å². The van der Waals surface area contributed by atoms with Crippen LogP contribution in [0.3, 0.4) is 0 Å². The second kappa shape index (κ2) is 10.8. The first-order valence-corrected chi connectivity index (χ1v) is 13.3. The van der Waals surface area contributed by atoms with E-state index in [1.54, 1.807) is 24.4 Å². The van der Waals surface area contributed by atoms with Crippen LogP contribution in [0.15, 0.2) is 66.9 Å². The number of nitrogens with zero attached hydrogens (tertiary/aromatic N) is 5. The van der Waals surface area contributed by atoms with Crippen molar-refractivity contribution in [2.75, 3.05) is 41.7 Å². The maximum atomic E-state index is 12.5. The Kier molecular flexibility index (Phi) is 6.94. The van der Waals surface area contributed by atoms with E-state index in [2.05, 4.69) is 53.8 Å². The lowest BCUT2D eigenvalue weighted by Gasteiger charge is -2.34. The Morgan fingerprint density at radius 3 is 2.55 bits per heavy atom. The molecule has 3 heterocycles. The minimum Gasteiger partial charge on any atom is -0.338 e. The molecule has 10 heteroatoms. The summed E-state index contributed by atoms with van der Waals surface area (Å²) in [4.78, 5) is 26.4. The van der Waals surface area contributed by atoms with Crippen molar-refractivity contribution in [2.45, 2.75) is 25.3 Å². The number of carbonyl (C=O) groups excluding carboxylic acids is 1. The molecule has 0 atom stereocenters. The molecule has 6 rings (SSSR count). The molecule has 0 unspecified atom stereocenters. The number of hydrogen-bond donors (Lipinski definition) is 3. The normalized spacial score (nSPS) is 15.9. The van der Waals surface area contributed by atoms with E-state index in [4.69, 9.17) is 16.6 Å². The quantitative estimate of drug-likeness (QED) is 0.294. The lowest BCUT2D eigenvalue weighted by molar-refractivity contribution is 0.102. The summed E-state index contributed by atoms with van der Waals surface area (Å²) < 4.78 is 0. The minimum absolute atomic E-state index is 0.215. The number of hydrogen-bond acceptors (Lipinski definition) is 7. The maximum absolute atomic E-state index is 12.5. The van der Waals surface area contributed by atoms with Crippen molar-refractivity contribution in [3.63, 3.8) is 0 Å². The Morgan fingerprint density at radius 1 is 1.00 bits per heavy atom. The minimum atomic E-state index is -0.215. The predicted octanol–water partition coefficient (Wildman–Crippen LogP) is 5.05. The zero-order chi connectivity index (χ0) is 25.9. The Morgan fingerprint density at radius 2 is 1.79 bits per heavy atom. The molecule has 2 aromatic carbocycles. The predicted molar refractivity (Wildman–Crippen MR) is 149 cm³/mol. The van der Waals surface area contributed by atoms with Crippen LogP contribution in [0.25, 0.3) is 0 Å². The van der Waals surface area contributed by atoms with Crippen LogP contribution in [0.1, 0.15) is 40.4 Å². The van der Waals surface area contributed by atoms with Gasteiger partial charge in [-0.05, 0) is 48.7 Å². The maximum Gasteiger partial charge on any atom is 0.257 e. The molecule has 0 radical (unpaired) electrons. The van der Waals surface area contributed by atoms with Crippen molar-refractivity contribution in [1.82, 2.24) is 25.1 Å². The summed E-state index contributed by atoms with van der Waals surface area (Å²) in [5.41, 5.74) is 3.59. The number of benzene rings is 2. The summed E-state index contributed by atoms with van der Waals surface area (Å²) in [6.07, 6.45) is 4.26. The van der Waals surface area contributed by atoms with Gasteiger partial charge in [-0.2, -0.15) is 10.1 Å². The molecule has 38 heavy (non-hydrogen) atoms. The van der Waals surface area contributed by atoms with Gasteiger partial charge in [-0.3, -0.25) is 14.8 Å². The lowest BCUT2D eigenvalue weighted by Crippen LogP contribution is -2.46. The van der Waals surface area contributed by atoms with Crippen molar-refractivity contribution in [3.05, 3.63) is 88.7 Å². The summed E-state index contributed by atoms with van der Waals surface area (Å²) >= 11 is 6.14. The van der Waals surface area contributed by atoms with E-state index in [-0.39, 0.29) is 5.91 Å². The summed E-state index contributed by atoms with van der Waals surface area (Å²) in [6, 6.07) is 18.9. The average Bonchev–Trinajstić information content (AvgIpc) is 3.69. The number of piperazine rings is 1. The van der Waals surface area contributed by atoms with Gasteiger partial charge in [0.15, 0.2) is 5.82 Å². The van der Waals surface area contributed by atoms with Crippen LogP contribution in [-0.4, -0.2) is 57.2 Å². The van der Waals surface area contributed by atoms with Crippen LogP contribution in [0, 0.1) is 0 Å². The molecule has 1 saturated heterocycles. The highest BCUT2D eigenvalue weighted by atomic mass is 35.5. The number of H-pyrrole nitrogens is 1. The fraction of sp³-hybridized carbons (Fsp3) is 0.286. The van der Waals surface area contributed by atoms with Gasteiger partial charge in [0.25, 0.3) is 5.91 Å². The van der Waals surface area contributed by atoms with E-state index in [9.17, 15) is 4.79 Å². The molecular formula is C28H29ClN8O. The Labute approximate surface area is 226 Å². The fourth-order valence-electron chi connectivity index (χ4n) is 4.61. The van der Waals surface area contributed by atoms with E-state index in [1.165, 1.54) is 24.1 Å². The van der Waals surface area contributed by atoms with Crippen molar-refractivity contribution in [3.8, 4) is 0 Å². The SMILES string of the molecule is O=C(Nc1ccc(CN2CCN(c3nccc(Nc4cc(C5CC5)[nH]n4)n3)CC2)cc1)c1ccccc1Cl. The smallest absolute Gasteiger partial charge is 0.257 e. The molecule has 9 nitrogen and oxygen atoms in total. The van der Waals surface area contributed by atoms with Gasteiger partial charge in [0.1, 0.15) is 5.82 Å². The standard InChI is InChI=1S/C28H29ClN8O/c29-23-4-2-1-3-22(23)27(38)31-21-9-5-19(6-10-21)18-36-13-15-37(16-14-36)28-30-12-11-25(33-28)32-26-17-24(34-35-26)20-7-8-20/h1-6,9-12,17,20H,7-8,13-16,18H2,(H,31,38)(H2,30,32,33,34,35). The Balaban J connectivity index is 0.999. The molecule has 1 saturated carbocycles. The topological polar surface area (TPSA) is 102 Å². The van der Waals surface area contributed by atoms with Crippen molar-refractivity contribution in [2.24, 2.45) is 0 Å². The van der Waals surface area contributed by atoms with Crippen LogP contribution < -0.4 is 15.5 Å². The van der Waals surface area contributed by atoms with Crippen LogP contribution in [0.4, 0.5) is 23.3 Å². The molecule has 1 amide bonds. The highest BCUT2D eigenvalue weighted by Gasteiger charge is 2.25. The highest BCUT2D eigenvalue weighted by Crippen LogP contribution is 2.39. The van der Waals surface area contributed by atoms with Crippen LogP contribution >= 0.6 is 11.6 Å². The van der Waals surface area contributed by atoms with Gasteiger partial charge < -0.3 is 15.5 Å². The molecule has 0 spiro atoms. The second-order valence-corrected chi connectivity index (χ2v) is 10.2.